The fraction of sp³-hybridized carbons (Fsp3) is 0.208. The number of hydrogen-bond donors (Lipinski definition) is 0. The lowest BCUT2D eigenvalue weighted by atomic mass is 10.0. The third-order valence-electron chi connectivity index (χ3n) is 5.36. The monoisotopic (exact) mass is 421 g/mol. The quantitative estimate of drug-likeness (QED) is 0.428. The average molecular weight is 422 g/mol. The number of carbonyl (C=O) groups is 1. The molecule has 5 nitrogen and oxygen atoms in total. The molecule has 30 heavy (non-hydrogen) atoms. The summed E-state index contributed by atoms with van der Waals surface area (Å²) in [5.41, 5.74) is 4.11. The molecule has 0 aliphatic carbocycles. The maximum atomic E-state index is 13.8. The highest BCUT2D eigenvalue weighted by Crippen LogP contribution is 2.38. The number of aryl methyl sites for hydroxylation is 3. The molecule has 154 valence electrons. The fourth-order valence-electron chi connectivity index (χ4n) is 3.91. The van der Waals surface area contributed by atoms with Gasteiger partial charge in [0.1, 0.15) is 0 Å². The Morgan fingerprint density at radius 2 is 1.57 bits per heavy atom. The van der Waals surface area contributed by atoms with Gasteiger partial charge in [-0.05, 0) is 63.1 Å². The molecule has 0 bridgehead atoms. The van der Waals surface area contributed by atoms with Crippen molar-refractivity contribution in [1.82, 2.24) is 3.97 Å². The molecule has 0 radical (unpaired) electrons. The van der Waals surface area contributed by atoms with Crippen LogP contribution in [0.4, 0.5) is 0 Å². The molecule has 4 aromatic rings. The molecular weight excluding hydrogens is 398 g/mol. The zero-order valence-corrected chi connectivity index (χ0v) is 18.2. The van der Waals surface area contributed by atoms with E-state index >= 15 is 0 Å². The average Bonchev–Trinajstić information content (AvgIpc) is 3.08. The molecule has 0 spiro atoms. The van der Waals surface area contributed by atoms with E-state index in [0.29, 0.717) is 22.0 Å². The SMILES string of the molecule is CCOC(=O)c1cccc2c1c1c(C)ccc(C)c1n2S(=O)(=O)c1ccc(C)cc1. The van der Waals surface area contributed by atoms with Crippen molar-refractivity contribution >= 4 is 37.8 Å². The number of fused-ring (bicyclic) bond motifs is 3. The van der Waals surface area contributed by atoms with Gasteiger partial charge in [-0.15, -0.1) is 0 Å². The first kappa shape index (κ1) is 20.2. The minimum Gasteiger partial charge on any atom is -0.462 e. The van der Waals surface area contributed by atoms with E-state index in [-0.39, 0.29) is 11.5 Å². The largest absolute Gasteiger partial charge is 0.462 e. The summed E-state index contributed by atoms with van der Waals surface area (Å²) >= 11 is 0. The van der Waals surface area contributed by atoms with Crippen molar-refractivity contribution in [1.29, 1.82) is 0 Å². The van der Waals surface area contributed by atoms with E-state index < -0.39 is 16.0 Å². The van der Waals surface area contributed by atoms with Gasteiger partial charge >= 0.3 is 5.97 Å². The molecular formula is C24H23NO4S. The maximum Gasteiger partial charge on any atom is 0.338 e. The number of benzene rings is 3. The van der Waals surface area contributed by atoms with E-state index in [1.165, 1.54) is 3.97 Å². The first-order valence-corrected chi connectivity index (χ1v) is 11.2. The van der Waals surface area contributed by atoms with Crippen LogP contribution in [-0.2, 0) is 14.8 Å². The zero-order chi connectivity index (χ0) is 21.6. The Morgan fingerprint density at radius 3 is 2.23 bits per heavy atom. The van der Waals surface area contributed by atoms with Crippen LogP contribution in [0.2, 0.25) is 0 Å². The predicted molar refractivity (Wildman–Crippen MR) is 119 cm³/mol. The van der Waals surface area contributed by atoms with Crippen LogP contribution < -0.4 is 0 Å². The van der Waals surface area contributed by atoms with Gasteiger partial charge in [0.25, 0.3) is 10.0 Å². The molecule has 0 saturated heterocycles. The molecule has 0 atom stereocenters. The minimum atomic E-state index is -3.90. The van der Waals surface area contributed by atoms with Crippen LogP contribution >= 0.6 is 0 Å². The molecule has 0 aliphatic rings. The minimum absolute atomic E-state index is 0.203. The van der Waals surface area contributed by atoms with Crippen molar-refractivity contribution < 1.29 is 17.9 Å². The Balaban J connectivity index is 2.20. The Morgan fingerprint density at radius 1 is 0.900 bits per heavy atom. The van der Waals surface area contributed by atoms with Crippen molar-refractivity contribution in [3.63, 3.8) is 0 Å². The Kier molecular flexibility index (Phi) is 4.90. The number of ether oxygens (including phenoxy) is 1. The number of rotatable bonds is 4. The van der Waals surface area contributed by atoms with Gasteiger partial charge in [-0.3, -0.25) is 0 Å². The van der Waals surface area contributed by atoms with Gasteiger partial charge in [0.15, 0.2) is 0 Å². The lowest BCUT2D eigenvalue weighted by Gasteiger charge is -2.11. The van der Waals surface area contributed by atoms with Crippen LogP contribution in [0.1, 0.15) is 34.0 Å². The lowest BCUT2D eigenvalue weighted by molar-refractivity contribution is 0.0528. The molecule has 0 N–H and O–H groups in total. The van der Waals surface area contributed by atoms with Gasteiger partial charge in [0, 0.05) is 10.8 Å². The molecule has 3 aromatic carbocycles. The van der Waals surface area contributed by atoms with Gasteiger partial charge < -0.3 is 4.74 Å². The molecule has 4 rings (SSSR count). The number of carbonyl (C=O) groups excluding carboxylic acids is 1. The second-order valence-electron chi connectivity index (χ2n) is 7.43. The summed E-state index contributed by atoms with van der Waals surface area (Å²) < 4.78 is 34.1. The van der Waals surface area contributed by atoms with E-state index in [2.05, 4.69) is 0 Å². The van der Waals surface area contributed by atoms with Crippen molar-refractivity contribution in [3.8, 4) is 0 Å². The summed E-state index contributed by atoms with van der Waals surface area (Å²) in [5.74, 6) is -0.462. The van der Waals surface area contributed by atoms with E-state index in [1.807, 2.05) is 32.9 Å². The third kappa shape index (κ3) is 2.99. The van der Waals surface area contributed by atoms with Gasteiger partial charge in [0.2, 0.25) is 0 Å². The van der Waals surface area contributed by atoms with E-state index in [9.17, 15) is 13.2 Å². The smallest absolute Gasteiger partial charge is 0.338 e. The molecule has 0 fully saturated rings. The molecule has 0 aliphatic heterocycles. The van der Waals surface area contributed by atoms with Crippen molar-refractivity contribution in [2.45, 2.75) is 32.6 Å². The summed E-state index contributed by atoms with van der Waals surface area (Å²) in [6.07, 6.45) is 0. The summed E-state index contributed by atoms with van der Waals surface area (Å²) in [4.78, 5) is 12.9. The van der Waals surface area contributed by atoms with Crippen molar-refractivity contribution in [2.24, 2.45) is 0 Å². The van der Waals surface area contributed by atoms with Crippen LogP contribution in [0.5, 0.6) is 0 Å². The molecule has 6 heteroatoms. The Bertz CT molecular complexity index is 1400. The summed E-state index contributed by atoms with van der Waals surface area (Å²) in [5, 5.41) is 1.35. The highest BCUT2D eigenvalue weighted by atomic mass is 32.2. The maximum absolute atomic E-state index is 13.8. The molecule has 1 aromatic heterocycles. The van der Waals surface area contributed by atoms with Gasteiger partial charge in [-0.1, -0.05) is 35.9 Å². The normalized spacial score (nSPS) is 11.9. The van der Waals surface area contributed by atoms with Crippen molar-refractivity contribution in [3.05, 3.63) is 76.9 Å². The van der Waals surface area contributed by atoms with Crippen LogP contribution in [0.3, 0.4) is 0 Å². The first-order chi connectivity index (χ1) is 14.3. The van der Waals surface area contributed by atoms with Crippen LogP contribution in [0, 0.1) is 20.8 Å². The van der Waals surface area contributed by atoms with E-state index in [0.717, 1.165) is 22.1 Å². The molecule has 1 heterocycles. The zero-order valence-electron chi connectivity index (χ0n) is 17.4. The topological polar surface area (TPSA) is 65.4 Å². The number of aromatic nitrogens is 1. The van der Waals surface area contributed by atoms with Gasteiger partial charge in [0.05, 0.1) is 28.1 Å². The molecule has 0 saturated carbocycles. The van der Waals surface area contributed by atoms with Crippen LogP contribution in [0.15, 0.2) is 59.5 Å². The second kappa shape index (κ2) is 7.29. The van der Waals surface area contributed by atoms with Gasteiger partial charge in [-0.25, -0.2) is 17.2 Å². The summed E-state index contributed by atoms with van der Waals surface area (Å²) in [6, 6.07) is 15.8. The van der Waals surface area contributed by atoms with Crippen molar-refractivity contribution in [2.75, 3.05) is 6.61 Å². The van der Waals surface area contributed by atoms with Crippen LogP contribution in [0.25, 0.3) is 21.8 Å². The number of hydrogen-bond acceptors (Lipinski definition) is 4. The number of nitrogens with zero attached hydrogens (tertiary/aromatic N) is 1. The van der Waals surface area contributed by atoms with Gasteiger partial charge in [-0.2, -0.15) is 0 Å². The Hall–Kier alpha value is -3.12. The summed E-state index contributed by atoms with van der Waals surface area (Å²) in [7, 11) is -3.90. The molecule has 0 unspecified atom stereocenters. The number of esters is 1. The first-order valence-electron chi connectivity index (χ1n) is 9.80. The highest BCUT2D eigenvalue weighted by Gasteiger charge is 2.27. The van der Waals surface area contributed by atoms with E-state index in [4.69, 9.17) is 4.74 Å². The van der Waals surface area contributed by atoms with Crippen LogP contribution in [-0.4, -0.2) is 25.0 Å². The Labute approximate surface area is 175 Å². The highest BCUT2D eigenvalue weighted by molar-refractivity contribution is 7.90. The standard InChI is InChI=1S/C24H23NO4S/c1-5-29-24(26)19-7-6-8-20-22(19)21-16(3)11-12-17(4)23(21)25(20)30(27,28)18-13-9-15(2)10-14-18/h6-14H,5H2,1-4H3. The summed E-state index contributed by atoms with van der Waals surface area (Å²) in [6.45, 7) is 7.71. The fourth-order valence-corrected chi connectivity index (χ4v) is 5.49. The second-order valence-corrected chi connectivity index (χ2v) is 9.21. The van der Waals surface area contributed by atoms with E-state index in [1.54, 1.807) is 49.4 Å². The third-order valence-corrected chi connectivity index (χ3v) is 7.08. The molecule has 0 amide bonds. The lowest BCUT2D eigenvalue weighted by Crippen LogP contribution is -2.13. The predicted octanol–water partition coefficient (Wildman–Crippen LogP) is 5.13.